The van der Waals surface area contributed by atoms with E-state index in [2.05, 4.69) is 5.32 Å². The first-order valence-corrected chi connectivity index (χ1v) is 14.4. The van der Waals surface area contributed by atoms with E-state index in [1.165, 1.54) is 11.0 Å². The van der Waals surface area contributed by atoms with E-state index in [0.717, 1.165) is 34.7 Å². The van der Waals surface area contributed by atoms with E-state index in [-0.39, 0.29) is 49.5 Å². The number of amides is 2. The summed E-state index contributed by atoms with van der Waals surface area (Å²) in [4.78, 5) is 27.9. The smallest absolute Gasteiger partial charge is 0.243 e. The van der Waals surface area contributed by atoms with Crippen LogP contribution in [0.25, 0.3) is 0 Å². The van der Waals surface area contributed by atoms with Gasteiger partial charge in [0.25, 0.3) is 0 Å². The second-order valence-corrected chi connectivity index (χ2v) is 11.3. The normalized spacial score (nSPS) is 13.1. The molecule has 37 heavy (non-hydrogen) atoms. The number of hydrogen-bond acceptors (Lipinski definition) is 4. The van der Waals surface area contributed by atoms with Crippen molar-refractivity contribution in [3.05, 3.63) is 64.7 Å². The predicted octanol–water partition coefficient (Wildman–Crippen LogP) is 4.89. The van der Waals surface area contributed by atoms with Crippen molar-refractivity contribution < 1.29 is 26.8 Å². The van der Waals surface area contributed by atoms with E-state index in [4.69, 9.17) is 11.6 Å². The molecule has 1 N–H and O–H groups in total. The molecule has 2 atom stereocenters. The van der Waals surface area contributed by atoms with Crippen molar-refractivity contribution in [3.8, 4) is 0 Å². The number of halogens is 3. The van der Waals surface area contributed by atoms with Crippen LogP contribution in [0.5, 0.6) is 0 Å². The van der Waals surface area contributed by atoms with Crippen molar-refractivity contribution in [2.24, 2.45) is 0 Å². The maximum atomic E-state index is 13.7. The van der Waals surface area contributed by atoms with E-state index >= 15 is 0 Å². The number of nitrogens with one attached hydrogen (secondary N) is 1. The van der Waals surface area contributed by atoms with Crippen molar-refractivity contribution >= 4 is 39.1 Å². The first-order chi connectivity index (χ1) is 17.4. The second-order valence-electron chi connectivity index (χ2n) is 8.93. The number of carbonyl (C=O) groups is 2. The Kier molecular flexibility index (Phi) is 11.3. The number of benzene rings is 2. The Morgan fingerprint density at radius 3 is 2.22 bits per heavy atom. The Balaban J connectivity index is 2.23. The third kappa shape index (κ3) is 8.96. The van der Waals surface area contributed by atoms with Crippen LogP contribution in [-0.2, 0) is 26.2 Å². The first-order valence-electron chi connectivity index (χ1n) is 12.1. The highest BCUT2D eigenvalue weighted by Crippen LogP contribution is 2.22. The molecule has 0 bridgehead atoms. The maximum absolute atomic E-state index is 13.7. The van der Waals surface area contributed by atoms with Crippen LogP contribution < -0.4 is 9.62 Å². The highest BCUT2D eigenvalue weighted by molar-refractivity contribution is 7.92. The van der Waals surface area contributed by atoms with Gasteiger partial charge in [-0.05, 0) is 56.0 Å². The molecule has 0 heterocycles. The molecule has 2 aromatic rings. The average molecular weight is 558 g/mol. The lowest BCUT2D eigenvalue weighted by molar-refractivity contribution is -0.141. The summed E-state index contributed by atoms with van der Waals surface area (Å²) in [6, 6.07) is 8.98. The Bertz CT molecular complexity index is 1180. The van der Waals surface area contributed by atoms with E-state index in [0.29, 0.717) is 11.4 Å². The van der Waals surface area contributed by atoms with Crippen molar-refractivity contribution in [2.75, 3.05) is 17.1 Å². The highest BCUT2D eigenvalue weighted by atomic mass is 35.5. The molecule has 0 spiro atoms. The highest BCUT2D eigenvalue weighted by Gasteiger charge is 2.29. The maximum Gasteiger partial charge on any atom is 0.243 e. The molecule has 0 aliphatic carbocycles. The summed E-state index contributed by atoms with van der Waals surface area (Å²) < 4.78 is 52.7. The minimum Gasteiger partial charge on any atom is -0.352 e. The van der Waals surface area contributed by atoms with Gasteiger partial charge in [-0.2, -0.15) is 0 Å². The first kappa shape index (κ1) is 30.5. The van der Waals surface area contributed by atoms with Crippen molar-refractivity contribution in [1.29, 1.82) is 0 Å². The summed E-state index contributed by atoms with van der Waals surface area (Å²) in [7, 11) is -3.83. The largest absolute Gasteiger partial charge is 0.352 e. The summed E-state index contributed by atoms with van der Waals surface area (Å²) in [5.41, 5.74) is 0.748. The minimum absolute atomic E-state index is 0.0359. The summed E-state index contributed by atoms with van der Waals surface area (Å²) in [6.45, 7) is 5.69. The van der Waals surface area contributed by atoms with Crippen molar-refractivity contribution in [1.82, 2.24) is 10.2 Å². The van der Waals surface area contributed by atoms with Gasteiger partial charge in [-0.15, -0.1) is 0 Å². The molecule has 0 saturated heterocycles. The van der Waals surface area contributed by atoms with Crippen LogP contribution in [0.3, 0.4) is 0 Å². The van der Waals surface area contributed by atoms with Gasteiger partial charge < -0.3 is 10.2 Å². The summed E-state index contributed by atoms with van der Waals surface area (Å²) >= 11 is 5.99. The summed E-state index contributed by atoms with van der Waals surface area (Å²) in [5.74, 6) is -2.86. The van der Waals surface area contributed by atoms with Gasteiger partial charge in [0.05, 0.1) is 11.9 Å². The van der Waals surface area contributed by atoms with E-state index < -0.39 is 27.7 Å². The van der Waals surface area contributed by atoms with E-state index in [1.54, 1.807) is 24.3 Å². The Morgan fingerprint density at radius 1 is 1.03 bits per heavy atom. The third-order valence-electron chi connectivity index (χ3n) is 6.00. The van der Waals surface area contributed by atoms with Crippen LogP contribution in [0.1, 0.15) is 52.0 Å². The lowest BCUT2D eigenvalue weighted by Crippen LogP contribution is -2.50. The Hall–Kier alpha value is -2.72. The number of carbonyl (C=O) groups excluding carboxylic acids is 2. The number of anilines is 1. The monoisotopic (exact) mass is 557 g/mol. The third-order valence-corrected chi connectivity index (χ3v) is 7.44. The molecule has 0 aliphatic rings. The molecule has 11 heteroatoms. The van der Waals surface area contributed by atoms with Crippen LogP contribution in [0.15, 0.2) is 42.5 Å². The molecule has 204 valence electrons. The van der Waals surface area contributed by atoms with Crippen LogP contribution in [0.2, 0.25) is 5.02 Å². The van der Waals surface area contributed by atoms with Crippen LogP contribution >= 0.6 is 11.6 Å². The fraction of sp³-hybridized carbons (Fsp3) is 0.462. The van der Waals surface area contributed by atoms with E-state index in [9.17, 15) is 26.8 Å². The summed E-state index contributed by atoms with van der Waals surface area (Å²) in [5, 5.41) is 3.47. The Labute approximate surface area is 222 Å². The zero-order valence-electron chi connectivity index (χ0n) is 21.5. The van der Waals surface area contributed by atoms with Crippen LogP contribution in [-0.4, -0.2) is 50.0 Å². The van der Waals surface area contributed by atoms with Gasteiger partial charge in [-0.25, -0.2) is 17.2 Å². The number of hydrogen-bond donors (Lipinski definition) is 1. The van der Waals surface area contributed by atoms with Crippen LogP contribution in [0, 0.1) is 11.6 Å². The van der Waals surface area contributed by atoms with Crippen LogP contribution in [0.4, 0.5) is 14.5 Å². The zero-order chi connectivity index (χ0) is 27.8. The number of sulfonamides is 1. The molecule has 7 nitrogen and oxygen atoms in total. The molecule has 0 fully saturated rings. The second kappa shape index (κ2) is 13.7. The number of rotatable bonds is 13. The fourth-order valence-corrected chi connectivity index (χ4v) is 4.87. The molecule has 0 aromatic heterocycles. The quantitative estimate of drug-likeness (QED) is 0.380. The molecule has 0 saturated carbocycles. The predicted molar refractivity (Wildman–Crippen MR) is 142 cm³/mol. The lowest BCUT2D eigenvalue weighted by Gasteiger charge is -2.32. The van der Waals surface area contributed by atoms with Gasteiger partial charge in [0.2, 0.25) is 21.8 Å². The molecular formula is C26H34ClF2N3O4S. The lowest BCUT2D eigenvalue weighted by atomic mass is 10.1. The molecular weight excluding hydrogens is 524 g/mol. The van der Waals surface area contributed by atoms with Gasteiger partial charge in [0.1, 0.15) is 6.04 Å². The molecule has 2 aromatic carbocycles. The standard InChI is InChI=1S/C26H34ClF2N3O4S/c1-5-18(3)30-26(34)24(6-2)31(17-19-9-11-20(27)12-10-19)25(33)8-7-15-32(37(4,35)36)21-13-14-22(28)23(29)16-21/h9-14,16,18,24H,5-8,15,17H2,1-4H3,(H,30,34)/t18-,24-/m0/s1. The minimum atomic E-state index is -3.83. The molecule has 0 radical (unpaired) electrons. The van der Waals surface area contributed by atoms with Gasteiger partial charge in [-0.3, -0.25) is 13.9 Å². The van der Waals surface area contributed by atoms with Gasteiger partial charge in [-0.1, -0.05) is 37.6 Å². The van der Waals surface area contributed by atoms with E-state index in [1.807, 2.05) is 20.8 Å². The van der Waals surface area contributed by atoms with Gasteiger partial charge >= 0.3 is 0 Å². The molecule has 2 rings (SSSR count). The average Bonchev–Trinajstić information content (AvgIpc) is 2.83. The molecule has 0 unspecified atom stereocenters. The van der Waals surface area contributed by atoms with Crippen molar-refractivity contribution in [2.45, 2.75) is 65.1 Å². The van der Waals surface area contributed by atoms with Crippen molar-refractivity contribution in [3.63, 3.8) is 0 Å². The SMILES string of the molecule is CC[C@H](C)NC(=O)[C@H](CC)N(Cc1ccc(Cl)cc1)C(=O)CCCN(c1ccc(F)c(F)c1)S(C)(=O)=O. The molecule has 2 amide bonds. The van der Waals surface area contributed by atoms with Gasteiger partial charge in [0.15, 0.2) is 11.6 Å². The summed E-state index contributed by atoms with van der Waals surface area (Å²) in [6.07, 6.45) is 2.11. The topological polar surface area (TPSA) is 86.8 Å². The molecule has 0 aliphatic heterocycles. The van der Waals surface area contributed by atoms with Gasteiger partial charge in [0, 0.05) is 36.6 Å². The Morgan fingerprint density at radius 2 is 1.68 bits per heavy atom. The fourth-order valence-electron chi connectivity index (χ4n) is 3.79. The zero-order valence-corrected chi connectivity index (χ0v) is 23.1. The number of nitrogens with zero attached hydrogens (tertiary/aromatic N) is 2.